The van der Waals surface area contributed by atoms with Gasteiger partial charge in [0, 0.05) is 7.05 Å². The summed E-state index contributed by atoms with van der Waals surface area (Å²) in [5.74, 6) is 0.556. The number of imidazole rings is 1. The van der Waals surface area contributed by atoms with Gasteiger partial charge < -0.3 is 25.4 Å². The molecule has 1 unspecified atom stereocenters. The molecule has 0 aromatic carbocycles. The maximum Gasteiger partial charge on any atom is 0.167 e. The van der Waals surface area contributed by atoms with Crippen molar-refractivity contribution in [3.8, 4) is 0 Å². The quantitative estimate of drug-likeness (QED) is 0.534. The predicted molar refractivity (Wildman–Crippen MR) is 67.9 cm³/mol. The van der Waals surface area contributed by atoms with Crippen LogP contribution in [0.4, 0.5) is 5.82 Å². The fourth-order valence-corrected chi connectivity index (χ4v) is 2.33. The maximum absolute atomic E-state index is 10.0. The Bertz CT molecular complexity index is 618. The van der Waals surface area contributed by atoms with Crippen molar-refractivity contribution >= 4 is 17.0 Å². The number of nitrogens with one attached hydrogen (secondary N) is 1. The summed E-state index contributed by atoms with van der Waals surface area (Å²) in [5.41, 5.74) is 1.01. The molecular weight excluding hydrogens is 266 g/mol. The van der Waals surface area contributed by atoms with E-state index in [2.05, 4.69) is 20.3 Å². The van der Waals surface area contributed by atoms with Crippen molar-refractivity contribution in [1.82, 2.24) is 19.5 Å². The van der Waals surface area contributed by atoms with Gasteiger partial charge >= 0.3 is 0 Å². The number of ether oxygens (including phenoxy) is 1. The molecule has 0 bridgehead atoms. The minimum Gasteiger partial charge on any atom is -0.394 e. The minimum atomic E-state index is -1.17. The molecule has 9 nitrogen and oxygen atoms in total. The molecule has 1 saturated heterocycles. The molecule has 0 spiro atoms. The second-order valence-corrected chi connectivity index (χ2v) is 4.53. The van der Waals surface area contributed by atoms with E-state index in [1.807, 2.05) is 0 Å². The first kappa shape index (κ1) is 13.2. The summed E-state index contributed by atoms with van der Waals surface area (Å²) in [6.07, 6.45) is -1.19. The van der Waals surface area contributed by atoms with Crippen LogP contribution >= 0.6 is 0 Å². The molecule has 2 aromatic rings. The summed E-state index contributed by atoms with van der Waals surface area (Å²) in [5, 5.41) is 31.8. The Morgan fingerprint density at radius 3 is 2.75 bits per heavy atom. The van der Waals surface area contributed by atoms with Gasteiger partial charge in [-0.05, 0) is 0 Å². The number of aliphatic hydroxyl groups is 3. The highest BCUT2D eigenvalue weighted by Crippen LogP contribution is 2.31. The summed E-state index contributed by atoms with van der Waals surface area (Å²) in [6.45, 7) is -0.377. The lowest BCUT2D eigenvalue weighted by Crippen LogP contribution is -2.33. The average molecular weight is 281 g/mol. The second kappa shape index (κ2) is 4.94. The molecule has 4 atom stereocenters. The third kappa shape index (κ3) is 1.83. The number of hydrogen-bond donors (Lipinski definition) is 4. The van der Waals surface area contributed by atoms with Crippen LogP contribution in [0.1, 0.15) is 6.23 Å². The molecule has 0 amide bonds. The molecule has 4 N–H and O–H groups in total. The molecule has 0 radical (unpaired) electrons. The van der Waals surface area contributed by atoms with Gasteiger partial charge in [0.25, 0.3) is 0 Å². The molecule has 1 aliphatic rings. The van der Waals surface area contributed by atoms with Crippen molar-refractivity contribution < 1.29 is 20.1 Å². The van der Waals surface area contributed by atoms with Crippen LogP contribution in [0.5, 0.6) is 0 Å². The Balaban J connectivity index is 2.03. The normalized spacial score (nSPS) is 30.0. The topological polar surface area (TPSA) is 126 Å². The first-order chi connectivity index (χ1) is 9.67. The largest absolute Gasteiger partial charge is 0.394 e. The van der Waals surface area contributed by atoms with Crippen molar-refractivity contribution in [2.45, 2.75) is 24.5 Å². The number of nitrogens with zero attached hydrogens (tertiary/aromatic N) is 4. The summed E-state index contributed by atoms with van der Waals surface area (Å²) in [7, 11) is 1.72. The lowest BCUT2D eigenvalue weighted by atomic mass is 10.1. The Morgan fingerprint density at radius 1 is 1.30 bits per heavy atom. The first-order valence-corrected chi connectivity index (χ1v) is 6.15. The third-order valence-electron chi connectivity index (χ3n) is 3.39. The van der Waals surface area contributed by atoms with Crippen molar-refractivity contribution in [2.75, 3.05) is 19.0 Å². The van der Waals surface area contributed by atoms with E-state index < -0.39 is 24.5 Å². The number of rotatable bonds is 3. The molecule has 3 rings (SSSR count). The van der Waals surface area contributed by atoms with Gasteiger partial charge in [-0.3, -0.25) is 4.57 Å². The first-order valence-electron chi connectivity index (χ1n) is 6.15. The Labute approximate surface area is 113 Å². The van der Waals surface area contributed by atoms with Crippen molar-refractivity contribution in [3.63, 3.8) is 0 Å². The Morgan fingerprint density at radius 2 is 2.10 bits per heavy atom. The lowest BCUT2D eigenvalue weighted by Gasteiger charge is -2.16. The van der Waals surface area contributed by atoms with E-state index in [9.17, 15) is 10.2 Å². The molecule has 9 heteroatoms. The van der Waals surface area contributed by atoms with Crippen LogP contribution in [-0.4, -0.2) is 66.8 Å². The maximum atomic E-state index is 10.0. The van der Waals surface area contributed by atoms with Crippen LogP contribution in [-0.2, 0) is 4.74 Å². The smallest absolute Gasteiger partial charge is 0.167 e. The van der Waals surface area contributed by atoms with Gasteiger partial charge in [-0.1, -0.05) is 0 Å². The molecule has 3 heterocycles. The van der Waals surface area contributed by atoms with E-state index in [4.69, 9.17) is 9.84 Å². The number of aromatic nitrogens is 4. The van der Waals surface area contributed by atoms with E-state index >= 15 is 0 Å². The number of hydrogen-bond acceptors (Lipinski definition) is 8. The van der Waals surface area contributed by atoms with E-state index in [-0.39, 0.29) is 6.61 Å². The standard InChI is InChI=1S/C11H15N5O4/c1-12-9-6-10(14-3-13-9)16(4-15-6)11-8(19)7(18)5(2-17)20-11/h3-5,7-8,11,17-19H,2H2,1H3,(H,12,13,14)/t5-,7-,8+,11?/m1/s1. The van der Waals surface area contributed by atoms with Crippen LogP contribution in [0.3, 0.4) is 0 Å². The Hall–Kier alpha value is -1.81. The summed E-state index contributed by atoms with van der Waals surface area (Å²) < 4.78 is 6.97. The third-order valence-corrected chi connectivity index (χ3v) is 3.39. The van der Waals surface area contributed by atoms with E-state index in [1.54, 1.807) is 7.05 Å². The summed E-state index contributed by atoms with van der Waals surface area (Å²) >= 11 is 0. The van der Waals surface area contributed by atoms with Crippen molar-refractivity contribution in [3.05, 3.63) is 12.7 Å². The van der Waals surface area contributed by atoms with Gasteiger partial charge in [-0.25, -0.2) is 15.0 Å². The number of aliphatic hydroxyl groups excluding tert-OH is 3. The molecule has 0 saturated carbocycles. The van der Waals surface area contributed by atoms with Gasteiger partial charge in [-0.2, -0.15) is 0 Å². The van der Waals surface area contributed by atoms with Gasteiger partial charge in [0.05, 0.1) is 12.9 Å². The van der Waals surface area contributed by atoms with Crippen LogP contribution in [0, 0.1) is 0 Å². The molecule has 1 fully saturated rings. The van der Waals surface area contributed by atoms with Crippen LogP contribution in [0.25, 0.3) is 11.2 Å². The Kier molecular flexibility index (Phi) is 3.26. The van der Waals surface area contributed by atoms with Crippen LogP contribution in [0.15, 0.2) is 12.7 Å². The zero-order valence-corrected chi connectivity index (χ0v) is 10.7. The highest BCUT2D eigenvalue weighted by Gasteiger charge is 2.43. The second-order valence-electron chi connectivity index (χ2n) is 4.53. The molecule has 1 aliphatic heterocycles. The number of fused-ring (bicyclic) bond motifs is 1. The summed E-state index contributed by atoms with van der Waals surface area (Å²) in [6, 6.07) is 0. The zero-order valence-electron chi connectivity index (χ0n) is 10.7. The number of anilines is 1. The van der Waals surface area contributed by atoms with Gasteiger partial charge in [0.1, 0.15) is 30.2 Å². The SMILES string of the molecule is CNc1ncnc2c1ncn2C1O[C@H](CO)[C@@H](O)[C@@H]1O. The van der Waals surface area contributed by atoms with Gasteiger partial charge in [0.15, 0.2) is 17.7 Å². The molecular formula is C11H15N5O4. The fraction of sp³-hybridized carbons (Fsp3) is 0.545. The van der Waals surface area contributed by atoms with Crippen molar-refractivity contribution in [2.24, 2.45) is 0 Å². The highest BCUT2D eigenvalue weighted by molar-refractivity contribution is 5.82. The predicted octanol–water partition coefficient (Wildman–Crippen LogP) is -1.52. The summed E-state index contributed by atoms with van der Waals surface area (Å²) in [4.78, 5) is 12.3. The van der Waals surface area contributed by atoms with Crippen LogP contribution in [0.2, 0.25) is 0 Å². The highest BCUT2D eigenvalue weighted by atomic mass is 16.6. The fourth-order valence-electron chi connectivity index (χ4n) is 2.33. The van der Waals surface area contributed by atoms with E-state index in [1.165, 1.54) is 17.2 Å². The van der Waals surface area contributed by atoms with Gasteiger partial charge in [0.2, 0.25) is 0 Å². The molecule has 0 aliphatic carbocycles. The van der Waals surface area contributed by atoms with E-state index in [0.29, 0.717) is 17.0 Å². The molecule has 108 valence electrons. The van der Waals surface area contributed by atoms with Gasteiger partial charge in [-0.15, -0.1) is 0 Å². The van der Waals surface area contributed by atoms with Crippen LogP contribution < -0.4 is 5.32 Å². The molecule has 2 aromatic heterocycles. The molecule has 20 heavy (non-hydrogen) atoms. The minimum absolute atomic E-state index is 0.377. The zero-order chi connectivity index (χ0) is 14.3. The van der Waals surface area contributed by atoms with Crippen molar-refractivity contribution in [1.29, 1.82) is 0 Å². The van der Waals surface area contributed by atoms with E-state index in [0.717, 1.165) is 0 Å². The monoisotopic (exact) mass is 281 g/mol. The average Bonchev–Trinajstić information content (AvgIpc) is 3.01. The lowest BCUT2D eigenvalue weighted by molar-refractivity contribution is -0.0511.